The molecule has 1 heterocycles. The number of nitrogens with zero attached hydrogens (tertiary/aromatic N) is 1. The second-order valence-corrected chi connectivity index (χ2v) is 5.20. The van der Waals surface area contributed by atoms with Crippen LogP contribution in [0.15, 0.2) is 24.3 Å². The van der Waals surface area contributed by atoms with E-state index in [1.807, 2.05) is 24.3 Å². The normalized spacial score (nSPS) is 17.6. The van der Waals surface area contributed by atoms with Crippen LogP contribution in [0.4, 0.5) is 0 Å². The van der Waals surface area contributed by atoms with Crippen molar-refractivity contribution in [1.82, 2.24) is 10.2 Å². The van der Waals surface area contributed by atoms with Crippen LogP contribution in [-0.2, 0) is 11.3 Å². The van der Waals surface area contributed by atoms with Crippen LogP contribution in [0.2, 0.25) is 5.02 Å². The molecule has 112 valence electrons. The fourth-order valence-electron chi connectivity index (χ4n) is 2.31. The van der Waals surface area contributed by atoms with Gasteiger partial charge in [0.1, 0.15) is 0 Å². The zero-order valence-corrected chi connectivity index (χ0v) is 12.8. The molecule has 1 amide bonds. The summed E-state index contributed by atoms with van der Waals surface area (Å²) in [6, 6.07) is 7.33. The van der Waals surface area contributed by atoms with Gasteiger partial charge in [-0.25, -0.2) is 0 Å². The molecule has 4 nitrogen and oxygen atoms in total. The molecule has 0 bridgehead atoms. The number of rotatable bonds is 5. The highest BCUT2D eigenvalue weighted by Gasteiger charge is 2.26. The molecule has 2 N–H and O–H groups in total. The SMILES string of the molecule is Cl.O=C([C@H]1CCCN1)N(CCO)Cc1ccc(Cl)cc1. The molecule has 0 aromatic heterocycles. The Hall–Kier alpha value is -0.810. The van der Waals surface area contributed by atoms with Crippen LogP contribution in [0.25, 0.3) is 0 Å². The van der Waals surface area contributed by atoms with Crippen LogP contribution in [-0.4, -0.2) is 41.7 Å². The predicted octanol–water partition coefficient (Wildman–Crippen LogP) is 1.83. The number of amides is 1. The molecular weight excluding hydrogens is 299 g/mol. The molecule has 0 spiro atoms. The summed E-state index contributed by atoms with van der Waals surface area (Å²) in [6.07, 6.45) is 1.91. The number of carbonyl (C=O) groups excluding carboxylic acids is 1. The zero-order chi connectivity index (χ0) is 13.7. The third kappa shape index (κ3) is 4.63. The van der Waals surface area contributed by atoms with Crippen molar-refractivity contribution in [1.29, 1.82) is 0 Å². The molecule has 6 heteroatoms. The first-order chi connectivity index (χ1) is 9.20. The van der Waals surface area contributed by atoms with Crippen molar-refractivity contribution in [3.05, 3.63) is 34.9 Å². The first kappa shape index (κ1) is 17.2. The standard InChI is InChI=1S/C14H19ClN2O2.ClH/c15-12-5-3-11(4-6-12)10-17(8-9-18)14(19)13-2-1-7-16-13;/h3-6,13,16,18H,1-2,7-10H2;1H/t13-;/m1./s1. The Balaban J connectivity index is 0.00000200. The number of hydrogen-bond acceptors (Lipinski definition) is 3. The van der Waals surface area contributed by atoms with Crippen LogP contribution >= 0.6 is 24.0 Å². The number of nitrogens with one attached hydrogen (secondary N) is 1. The van der Waals surface area contributed by atoms with Gasteiger partial charge in [0.25, 0.3) is 0 Å². The van der Waals surface area contributed by atoms with E-state index in [0.29, 0.717) is 18.1 Å². The van der Waals surface area contributed by atoms with Gasteiger partial charge in [0.2, 0.25) is 5.91 Å². The van der Waals surface area contributed by atoms with Crippen LogP contribution in [0.3, 0.4) is 0 Å². The molecule has 0 saturated carbocycles. The van der Waals surface area contributed by atoms with Gasteiger partial charge >= 0.3 is 0 Å². The first-order valence-corrected chi connectivity index (χ1v) is 6.96. The van der Waals surface area contributed by atoms with Gasteiger partial charge in [-0.2, -0.15) is 0 Å². The van der Waals surface area contributed by atoms with Gasteiger partial charge in [-0.3, -0.25) is 4.79 Å². The summed E-state index contributed by atoms with van der Waals surface area (Å²) in [7, 11) is 0. The Morgan fingerprint density at radius 2 is 2.10 bits per heavy atom. The Morgan fingerprint density at radius 3 is 2.65 bits per heavy atom. The minimum atomic E-state index is -0.0983. The fraction of sp³-hybridized carbons (Fsp3) is 0.500. The minimum Gasteiger partial charge on any atom is -0.395 e. The van der Waals surface area contributed by atoms with Crippen molar-refractivity contribution < 1.29 is 9.90 Å². The molecular formula is C14H20Cl2N2O2. The Bertz CT molecular complexity index is 420. The van der Waals surface area contributed by atoms with Gasteiger partial charge in [-0.1, -0.05) is 23.7 Å². The van der Waals surface area contributed by atoms with Gasteiger partial charge in [0, 0.05) is 18.1 Å². The second kappa shape index (κ2) is 8.47. The van der Waals surface area contributed by atoms with Gasteiger partial charge in [0.05, 0.1) is 12.6 Å². The van der Waals surface area contributed by atoms with Crippen LogP contribution in [0.1, 0.15) is 18.4 Å². The van der Waals surface area contributed by atoms with E-state index >= 15 is 0 Å². The number of benzene rings is 1. The average Bonchev–Trinajstić information content (AvgIpc) is 2.94. The lowest BCUT2D eigenvalue weighted by Crippen LogP contribution is -2.44. The maximum absolute atomic E-state index is 12.3. The van der Waals surface area contributed by atoms with Crippen LogP contribution < -0.4 is 5.32 Å². The Morgan fingerprint density at radius 1 is 1.40 bits per heavy atom. The molecule has 1 aromatic carbocycles. The number of carbonyl (C=O) groups is 1. The summed E-state index contributed by atoms with van der Waals surface area (Å²) >= 11 is 5.84. The average molecular weight is 319 g/mol. The molecule has 0 unspecified atom stereocenters. The summed E-state index contributed by atoms with van der Waals surface area (Å²) < 4.78 is 0. The Kier molecular flexibility index (Phi) is 7.30. The van der Waals surface area contributed by atoms with Crippen LogP contribution in [0, 0.1) is 0 Å². The second-order valence-electron chi connectivity index (χ2n) is 4.76. The van der Waals surface area contributed by atoms with Crippen molar-refractivity contribution >= 4 is 29.9 Å². The van der Waals surface area contributed by atoms with Crippen molar-refractivity contribution in [2.45, 2.75) is 25.4 Å². The van der Waals surface area contributed by atoms with E-state index in [1.54, 1.807) is 4.90 Å². The van der Waals surface area contributed by atoms with Gasteiger partial charge in [0.15, 0.2) is 0 Å². The third-order valence-corrected chi connectivity index (χ3v) is 3.58. The molecule has 1 aliphatic heterocycles. The van der Waals surface area contributed by atoms with E-state index in [4.69, 9.17) is 16.7 Å². The van der Waals surface area contributed by atoms with Crippen molar-refractivity contribution in [2.75, 3.05) is 19.7 Å². The minimum absolute atomic E-state index is 0. The third-order valence-electron chi connectivity index (χ3n) is 3.33. The van der Waals surface area contributed by atoms with Gasteiger partial charge in [-0.15, -0.1) is 12.4 Å². The molecule has 1 aromatic rings. The zero-order valence-electron chi connectivity index (χ0n) is 11.2. The van der Waals surface area contributed by atoms with Crippen molar-refractivity contribution in [2.24, 2.45) is 0 Å². The lowest BCUT2D eigenvalue weighted by atomic mass is 10.1. The molecule has 1 atom stereocenters. The summed E-state index contributed by atoms with van der Waals surface area (Å²) in [5.74, 6) is 0.0708. The monoisotopic (exact) mass is 318 g/mol. The lowest BCUT2D eigenvalue weighted by Gasteiger charge is -2.25. The van der Waals surface area contributed by atoms with E-state index in [-0.39, 0.29) is 31.0 Å². The van der Waals surface area contributed by atoms with Crippen molar-refractivity contribution in [3.8, 4) is 0 Å². The maximum atomic E-state index is 12.3. The highest BCUT2D eigenvalue weighted by atomic mass is 35.5. The fourth-order valence-corrected chi connectivity index (χ4v) is 2.44. The van der Waals surface area contributed by atoms with E-state index in [2.05, 4.69) is 5.32 Å². The van der Waals surface area contributed by atoms with Gasteiger partial charge in [-0.05, 0) is 37.1 Å². The number of halogens is 2. The summed E-state index contributed by atoms with van der Waals surface area (Å²) in [5.41, 5.74) is 1.02. The summed E-state index contributed by atoms with van der Waals surface area (Å²) in [4.78, 5) is 14.0. The predicted molar refractivity (Wildman–Crippen MR) is 82.2 cm³/mol. The molecule has 0 aliphatic carbocycles. The van der Waals surface area contributed by atoms with E-state index in [1.165, 1.54) is 0 Å². The summed E-state index contributed by atoms with van der Waals surface area (Å²) in [5, 5.41) is 13.0. The topological polar surface area (TPSA) is 52.6 Å². The number of hydrogen-bond donors (Lipinski definition) is 2. The molecule has 0 radical (unpaired) electrons. The quantitative estimate of drug-likeness (QED) is 0.871. The van der Waals surface area contributed by atoms with Crippen LogP contribution in [0.5, 0.6) is 0 Å². The lowest BCUT2D eigenvalue weighted by molar-refractivity contribution is -0.134. The van der Waals surface area contributed by atoms with Gasteiger partial charge < -0.3 is 15.3 Å². The molecule has 1 fully saturated rings. The Labute approximate surface area is 130 Å². The largest absolute Gasteiger partial charge is 0.395 e. The number of aliphatic hydroxyl groups is 1. The highest BCUT2D eigenvalue weighted by Crippen LogP contribution is 2.14. The maximum Gasteiger partial charge on any atom is 0.240 e. The molecule has 2 rings (SSSR count). The highest BCUT2D eigenvalue weighted by molar-refractivity contribution is 6.30. The molecule has 20 heavy (non-hydrogen) atoms. The first-order valence-electron chi connectivity index (χ1n) is 6.58. The smallest absolute Gasteiger partial charge is 0.240 e. The number of aliphatic hydroxyl groups excluding tert-OH is 1. The van der Waals surface area contributed by atoms with E-state index in [0.717, 1.165) is 24.9 Å². The molecule has 1 aliphatic rings. The van der Waals surface area contributed by atoms with E-state index in [9.17, 15) is 4.79 Å². The summed E-state index contributed by atoms with van der Waals surface area (Å²) in [6.45, 7) is 1.74. The van der Waals surface area contributed by atoms with Crippen molar-refractivity contribution in [3.63, 3.8) is 0 Å². The molecule has 1 saturated heterocycles. The van der Waals surface area contributed by atoms with E-state index < -0.39 is 0 Å².